The van der Waals surface area contributed by atoms with E-state index in [9.17, 15) is 0 Å². The molecule has 0 heterocycles. The Bertz CT molecular complexity index is 81.1. The first-order valence-electron chi connectivity index (χ1n) is 4.56. The summed E-state index contributed by atoms with van der Waals surface area (Å²) in [6.45, 7) is 9.64. The Morgan fingerprint density at radius 1 is 0.917 bits per heavy atom. The Labute approximate surface area is 78.4 Å². The van der Waals surface area contributed by atoms with Crippen LogP contribution in [0, 0.1) is 0 Å². The maximum atomic E-state index is 2.46. The van der Waals surface area contributed by atoms with Crippen molar-refractivity contribution >= 4 is 7.26 Å². The average Bonchev–Trinajstić information content (AvgIpc) is 1.78. The van der Waals surface area contributed by atoms with Crippen molar-refractivity contribution in [2.24, 2.45) is 0 Å². The molecule has 0 amide bonds. The van der Waals surface area contributed by atoms with Crippen LogP contribution < -0.4 is 6.15 Å². The second-order valence-electron chi connectivity index (χ2n) is 4.37. The number of unbranched alkanes of at least 4 members (excludes halogenated alkanes) is 3. The normalized spacial score (nSPS) is 11.3. The van der Waals surface area contributed by atoms with E-state index in [4.69, 9.17) is 0 Å². The van der Waals surface area contributed by atoms with Crippen LogP contribution in [-0.4, -0.2) is 31.6 Å². The molecular formula is C9H28NOP. The van der Waals surface area contributed by atoms with E-state index in [1.807, 2.05) is 0 Å². The first kappa shape index (κ1) is 18.2. The minimum Gasteiger partial charge on any atom is -0.412 e. The van der Waals surface area contributed by atoms with Crippen LogP contribution in [0.3, 0.4) is 0 Å². The van der Waals surface area contributed by atoms with Crippen LogP contribution in [0.5, 0.6) is 0 Å². The molecule has 0 saturated carbocycles. The van der Waals surface area contributed by atoms with Crippen molar-refractivity contribution in [2.75, 3.05) is 26.2 Å². The largest absolute Gasteiger partial charge is 0.412 e. The van der Waals surface area contributed by atoms with E-state index >= 15 is 0 Å². The third-order valence-electron chi connectivity index (χ3n) is 1.78. The van der Waals surface area contributed by atoms with Gasteiger partial charge in [-0.3, -0.25) is 0 Å². The summed E-state index contributed by atoms with van der Waals surface area (Å²) in [5.41, 5.74) is 0. The summed E-state index contributed by atoms with van der Waals surface area (Å²) in [6, 6.07) is 0. The second kappa shape index (κ2) is 9.44. The van der Waals surface area contributed by atoms with E-state index in [-0.39, 0.29) is 11.6 Å². The fourth-order valence-corrected chi connectivity index (χ4v) is 2.39. The molecule has 80 valence electrons. The molecule has 0 aliphatic carbocycles. The van der Waals surface area contributed by atoms with E-state index in [2.05, 4.69) is 26.9 Å². The predicted octanol–water partition coefficient (Wildman–Crippen LogP) is 2.54. The first-order chi connectivity index (χ1) is 4.56. The van der Waals surface area contributed by atoms with Gasteiger partial charge in [0.25, 0.3) is 0 Å². The van der Waals surface area contributed by atoms with Crippen LogP contribution >= 0.6 is 7.26 Å². The van der Waals surface area contributed by atoms with Gasteiger partial charge >= 0.3 is 66.0 Å². The van der Waals surface area contributed by atoms with Gasteiger partial charge in [0.2, 0.25) is 0 Å². The molecule has 2 nitrogen and oxygen atoms in total. The van der Waals surface area contributed by atoms with Crippen LogP contribution in [0.25, 0.3) is 0 Å². The Hall–Kier alpha value is 0.350. The van der Waals surface area contributed by atoms with Gasteiger partial charge < -0.3 is 11.6 Å². The van der Waals surface area contributed by atoms with Gasteiger partial charge in [-0.25, -0.2) is 0 Å². The van der Waals surface area contributed by atoms with Crippen molar-refractivity contribution in [3.05, 3.63) is 0 Å². The van der Waals surface area contributed by atoms with Gasteiger partial charge in [0.05, 0.1) is 0 Å². The molecule has 0 bridgehead atoms. The zero-order valence-corrected chi connectivity index (χ0v) is 10.2. The van der Waals surface area contributed by atoms with E-state index < -0.39 is 7.26 Å². The van der Waals surface area contributed by atoms with Gasteiger partial charge in [-0.15, -0.1) is 0 Å². The van der Waals surface area contributed by atoms with Crippen LogP contribution in [0.2, 0.25) is 0 Å². The third kappa shape index (κ3) is 16.7. The van der Waals surface area contributed by atoms with Gasteiger partial charge in [-0.2, -0.15) is 0 Å². The second-order valence-corrected chi connectivity index (χ2v) is 9.99. The smallest absolute Gasteiger partial charge is 0.344 e. The predicted molar refractivity (Wildman–Crippen MR) is 63.7 cm³/mol. The molecule has 0 unspecified atom stereocenters. The Morgan fingerprint density at radius 3 is 1.75 bits per heavy atom. The molecule has 12 heavy (non-hydrogen) atoms. The van der Waals surface area contributed by atoms with Crippen LogP contribution in [0.1, 0.15) is 32.6 Å². The summed E-state index contributed by atoms with van der Waals surface area (Å²) in [5, 5.41) is 0. The van der Waals surface area contributed by atoms with Gasteiger partial charge in [-0.1, -0.05) is 0 Å². The van der Waals surface area contributed by atoms with Gasteiger partial charge in [-0.05, 0) is 0 Å². The summed E-state index contributed by atoms with van der Waals surface area (Å²) in [7, 11) is -0.707. The van der Waals surface area contributed by atoms with E-state index in [1.165, 1.54) is 31.8 Å². The quantitative estimate of drug-likeness (QED) is 0.534. The standard InChI is InChI=1S/C9H23P.H3N.H2O/c1-5-6-7-8-9-10(2,3)4;;/h10H,5-9H2,1-4H3;1H3;1H2. The van der Waals surface area contributed by atoms with E-state index in [0.717, 1.165) is 0 Å². The maximum Gasteiger partial charge on any atom is -0.344 e. The first-order valence-corrected chi connectivity index (χ1v) is 8.27. The molecule has 0 radical (unpaired) electrons. The summed E-state index contributed by atoms with van der Waals surface area (Å²) in [5.74, 6) is 0. The zero-order valence-electron chi connectivity index (χ0n) is 9.24. The summed E-state index contributed by atoms with van der Waals surface area (Å²) < 4.78 is 0. The summed E-state index contributed by atoms with van der Waals surface area (Å²) >= 11 is 0. The zero-order chi connectivity index (χ0) is 8.04. The fraction of sp³-hybridized carbons (Fsp3) is 1.00. The van der Waals surface area contributed by atoms with Gasteiger partial charge in [0.15, 0.2) is 0 Å². The number of hydrogen-bond donors (Lipinski definition) is 1. The molecule has 0 saturated heterocycles. The third-order valence-corrected chi connectivity index (χ3v) is 3.63. The van der Waals surface area contributed by atoms with Crippen molar-refractivity contribution in [1.82, 2.24) is 6.15 Å². The Balaban J connectivity index is -0.000000405. The van der Waals surface area contributed by atoms with Crippen molar-refractivity contribution in [3.8, 4) is 0 Å². The van der Waals surface area contributed by atoms with Crippen LogP contribution in [0.15, 0.2) is 0 Å². The molecule has 0 spiro atoms. The number of rotatable bonds is 5. The molecule has 0 aliphatic heterocycles. The SMILES string of the molecule is CCCCCC[PH](C)(C)C.N.O. The van der Waals surface area contributed by atoms with Crippen molar-refractivity contribution < 1.29 is 5.48 Å². The minimum atomic E-state index is -0.707. The molecule has 0 atom stereocenters. The molecule has 0 aromatic heterocycles. The average molecular weight is 197 g/mol. The van der Waals surface area contributed by atoms with Crippen molar-refractivity contribution in [1.29, 1.82) is 0 Å². The molecule has 0 aromatic rings. The minimum absolute atomic E-state index is 0. The molecular weight excluding hydrogens is 169 g/mol. The Morgan fingerprint density at radius 2 is 1.42 bits per heavy atom. The van der Waals surface area contributed by atoms with Gasteiger partial charge in [0.1, 0.15) is 0 Å². The van der Waals surface area contributed by atoms with Gasteiger partial charge in [0, 0.05) is 0 Å². The monoisotopic (exact) mass is 197 g/mol. The molecule has 0 aromatic carbocycles. The van der Waals surface area contributed by atoms with Crippen molar-refractivity contribution in [3.63, 3.8) is 0 Å². The summed E-state index contributed by atoms with van der Waals surface area (Å²) in [4.78, 5) is 0. The molecule has 5 N–H and O–H groups in total. The molecule has 3 heteroatoms. The molecule has 0 rings (SSSR count). The van der Waals surface area contributed by atoms with Crippen LogP contribution in [-0.2, 0) is 0 Å². The summed E-state index contributed by atoms with van der Waals surface area (Å²) in [6.07, 6.45) is 7.26. The number of hydrogen-bond acceptors (Lipinski definition) is 1. The van der Waals surface area contributed by atoms with E-state index in [1.54, 1.807) is 0 Å². The van der Waals surface area contributed by atoms with Crippen molar-refractivity contribution in [2.45, 2.75) is 32.6 Å². The maximum absolute atomic E-state index is 2.46. The Kier molecular flexibility index (Phi) is 14.3. The fourth-order valence-electron chi connectivity index (χ4n) is 1.08. The topological polar surface area (TPSA) is 66.5 Å². The molecule has 0 fully saturated rings. The van der Waals surface area contributed by atoms with E-state index in [0.29, 0.717) is 0 Å². The molecule has 0 aliphatic rings. The van der Waals surface area contributed by atoms with Crippen LogP contribution in [0.4, 0.5) is 0 Å².